The van der Waals surface area contributed by atoms with Crippen molar-refractivity contribution >= 4 is 0 Å². The number of ether oxygens (including phenoxy) is 1. The first kappa shape index (κ1) is 12.9. The molecule has 0 aliphatic heterocycles. The molecule has 0 saturated carbocycles. The third kappa shape index (κ3) is 4.55. The van der Waals surface area contributed by atoms with Crippen LogP contribution in [0.5, 0.6) is 5.75 Å². The number of benzene rings is 1. The molecule has 1 nitrogen and oxygen atoms in total. The first-order valence-electron chi connectivity index (χ1n) is 5.18. The third-order valence-corrected chi connectivity index (χ3v) is 2.10. The number of hydrogen-bond donors (Lipinski definition) is 0. The molecule has 0 atom stereocenters. The molecular weight excluding hydrogens is 217 g/mol. The van der Waals surface area contributed by atoms with E-state index in [0.717, 1.165) is 12.8 Å². The normalized spacial score (nSPS) is 11.5. The van der Waals surface area contributed by atoms with E-state index in [1.54, 1.807) is 12.1 Å². The van der Waals surface area contributed by atoms with Crippen molar-refractivity contribution < 1.29 is 17.9 Å². The number of alkyl halides is 3. The van der Waals surface area contributed by atoms with E-state index in [0.29, 0.717) is 12.0 Å². The Morgan fingerprint density at radius 1 is 1.25 bits per heavy atom. The van der Waals surface area contributed by atoms with Crippen LogP contribution in [-0.2, 0) is 6.42 Å². The number of rotatable bonds is 5. The second-order valence-electron chi connectivity index (χ2n) is 3.39. The summed E-state index contributed by atoms with van der Waals surface area (Å²) in [5.41, 5.74) is 0.588. The highest BCUT2D eigenvalue weighted by atomic mass is 19.4. The van der Waals surface area contributed by atoms with Gasteiger partial charge in [0.15, 0.2) is 0 Å². The molecule has 0 amide bonds. The molecule has 0 N–H and O–H groups in total. The van der Waals surface area contributed by atoms with Gasteiger partial charge in [0.2, 0.25) is 0 Å². The zero-order valence-corrected chi connectivity index (χ0v) is 9.05. The molecule has 0 aliphatic carbocycles. The molecule has 89 valence electrons. The maximum absolute atomic E-state index is 12.1. The summed E-state index contributed by atoms with van der Waals surface area (Å²) in [5.74, 6) is -0.0977. The van der Waals surface area contributed by atoms with Gasteiger partial charge >= 0.3 is 6.36 Å². The molecule has 0 fully saturated rings. The maximum Gasteiger partial charge on any atom is 0.573 e. The minimum absolute atomic E-state index is 0.0977. The van der Waals surface area contributed by atoms with Crippen LogP contribution in [0.4, 0.5) is 13.2 Å². The van der Waals surface area contributed by atoms with Crippen molar-refractivity contribution in [3.05, 3.63) is 36.2 Å². The first-order valence-corrected chi connectivity index (χ1v) is 5.18. The molecule has 1 rings (SSSR count). The Bertz CT molecular complexity index is 320. The Labute approximate surface area is 93.2 Å². The Hall–Kier alpha value is -1.19. The predicted octanol–water partition coefficient (Wildman–Crippen LogP) is 4.13. The first-order chi connectivity index (χ1) is 7.53. The van der Waals surface area contributed by atoms with Gasteiger partial charge in [-0.15, -0.1) is 13.2 Å². The van der Waals surface area contributed by atoms with Gasteiger partial charge in [0, 0.05) is 0 Å². The van der Waals surface area contributed by atoms with Gasteiger partial charge in [-0.3, -0.25) is 0 Å². The topological polar surface area (TPSA) is 9.23 Å². The molecule has 1 aromatic carbocycles. The van der Waals surface area contributed by atoms with E-state index in [4.69, 9.17) is 0 Å². The van der Waals surface area contributed by atoms with Crippen molar-refractivity contribution in [3.63, 3.8) is 0 Å². The second kappa shape index (κ2) is 5.77. The largest absolute Gasteiger partial charge is 0.573 e. The maximum atomic E-state index is 12.1. The Kier molecular flexibility index (Phi) is 4.65. The minimum atomic E-state index is -4.62. The van der Waals surface area contributed by atoms with Crippen LogP contribution < -0.4 is 4.74 Å². The number of halogens is 3. The molecule has 0 heterocycles. The van der Waals surface area contributed by atoms with Crippen LogP contribution in [0.3, 0.4) is 0 Å². The fourth-order valence-electron chi connectivity index (χ4n) is 1.40. The van der Waals surface area contributed by atoms with Crippen LogP contribution in [0.15, 0.2) is 24.3 Å². The summed E-state index contributed by atoms with van der Waals surface area (Å²) in [6.07, 6.45) is -0.341. The van der Waals surface area contributed by atoms with Crippen LogP contribution >= 0.6 is 0 Å². The van der Waals surface area contributed by atoms with E-state index in [1.807, 2.05) is 13.3 Å². The molecule has 0 aromatic heterocycles. The fraction of sp³-hybridized carbons (Fsp3) is 0.417. The lowest BCUT2D eigenvalue weighted by atomic mass is 10.1. The van der Waals surface area contributed by atoms with Crippen LogP contribution in [0.1, 0.15) is 25.3 Å². The highest BCUT2D eigenvalue weighted by Gasteiger charge is 2.31. The SMILES string of the molecule is CC[CH]CCc1ccccc1OC(F)(F)F. The van der Waals surface area contributed by atoms with Crippen LogP contribution in [-0.4, -0.2) is 6.36 Å². The molecule has 4 heteroatoms. The van der Waals surface area contributed by atoms with E-state index < -0.39 is 6.36 Å². The lowest BCUT2D eigenvalue weighted by Crippen LogP contribution is -2.18. The van der Waals surface area contributed by atoms with E-state index in [2.05, 4.69) is 4.74 Å². The van der Waals surface area contributed by atoms with E-state index >= 15 is 0 Å². The number of hydrogen-bond acceptors (Lipinski definition) is 1. The lowest BCUT2D eigenvalue weighted by molar-refractivity contribution is -0.274. The van der Waals surface area contributed by atoms with Gasteiger partial charge in [0.1, 0.15) is 5.75 Å². The van der Waals surface area contributed by atoms with Crippen LogP contribution in [0.25, 0.3) is 0 Å². The van der Waals surface area contributed by atoms with Gasteiger partial charge < -0.3 is 4.74 Å². The summed E-state index contributed by atoms with van der Waals surface area (Å²) in [5, 5.41) is 0. The number of aryl methyl sites for hydroxylation is 1. The molecular formula is C12H14F3O. The van der Waals surface area contributed by atoms with Crippen molar-refractivity contribution in [2.24, 2.45) is 0 Å². The standard InChI is InChI=1S/C12H14F3O/c1-2-3-4-7-10-8-5-6-9-11(10)16-12(13,14)15/h3,5-6,8-9H,2,4,7H2,1H3. The summed E-state index contributed by atoms with van der Waals surface area (Å²) in [6.45, 7) is 2.00. The van der Waals surface area contributed by atoms with Gasteiger partial charge in [-0.2, -0.15) is 0 Å². The van der Waals surface area contributed by atoms with Crippen LogP contribution in [0, 0.1) is 6.42 Å². The predicted molar refractivity (Wildman–Crippen MR) is 56.0 cm³/mol. The smallest absolute Gasteiger partial charge is 0.406 e. The second-order valence-corrected chi connectivity index (χ2v) is 3.39. The van der Waals surface area contributed by atoms with Crippen LogP contribution in [0.2, 0.25) is 0 Å². The van der Waals surface area contributed by atoms with Crippen molar-refractivity contribution in [3.8, 4) is 5.75 Å². The fourth-order valence-corrected chi connectivity index (χ4v) is 1.40. The van der Waals surface area contributed by atoms with E-state index in [-0.39, 0.29) is 5.75 Å². The zero-order valence-electron chi connectivity index (χ0n) is 9.05. The molecule has 1 aromatic rings. The molecule has 0 unspecified atom stereocenters. The van der Waals surface area contributed by atoms with Gasteiger partial charge in [-0.05, 0) is 30.9 Å². The number of para-hydroxylation sites is 1. The molecule has 1 radical (unpaired) electrons. The van der Waals surface area contributed by atoms with Crippen molar-refractivity contribution in [1.29, 1.82) is 0 Å². The zero-order chi connectivity index (χ0) is 12.0. The highest BCUT2D eigenvalue weighted by Crippen LogP contribution is 2.27. The van der Waals surface area contributed by atoms with Crippen molar-refractivity contribution in [2.45, 2.75) is 32.5 Å². The molecule has 0 aliphatic rings. The summed E-state index contributed by atoms with van der Waals surface area (Å²) < 4.78 is 40.2. The van der Waals surface area contributed by atoms with Gasteiger partial charge in [-0.1, -0.05) is 31.5 Å². The summed E-state index contributed by atoms with van der Waals surface area (Å²) in [4.78, 5) is 0. The summed E-state index contributed by atoms with van der Waals surface area (Å²) >= 11 is 0. The Morgan fingerprint density at radius 3 is 2.56 bits per heavy atom. The van der Waals surface area contributed by atoms with Crippen molar-refractivity contribution in [1.82, 2.24) is 0 Å². The monoisotopic (exact) mass is 231 g/mol. The minimum Gasteiger partial charge on any atom is -0.406 e. The van der Waals surface area contributed by atoms with Gasteiger partial charge in [0.05, 0.1) is 0 Å². The highest BCUT2D eigenvalue weighted by molar-refractivity contribution is 5.33. The average Bonchev–Trinajstić information content (AvgIpc) is 2.19. The van der Waals surface area contributed by atoms with E-state index in [9.17, 15) is 13.2 Å². The number of unbranched alkanes of at least 4 members (excludes halogenated alkanes) is 2. The lowest BCUT2D eigenvalue weighted by Gasteiger charge is -2.12. The summed E-state index contributed by atoms with van der Waals surface area (Å²) in [6, 6.07) is 6.25. The van der Waals surface area contributed by atoms with Crippen molar-refractivity contribution in [2.75, 3.05) is 0 Å². The molecule has 0 spiro atoms. The van der Waals surface area contributed by atoms with E-state index in [1.165, 1.54) is 12.1 Å². The Balaban J connectivity index is 2.68. The molecule has 0 bridgehead atoms. The molecule has 16 heavy (non-hydrogen) atoms. The quantitative estimate of drug-likeness (QED) is 0.692. The van der Waals surface area contributed by atoms with Gasteiger partial charge in [0.25, 0.3) is 0 Å². The Morgan fingerprint density at radius 2 is 1.94 bits per heavy atom. The third-order valence-electron chi connectivity index (χ3n) is 2.10. The van der Waals surface area contributed by atoms with Gasteiger partial charge in [-0.25, -0.2) is 0 Å². The average molecular weight is 231 g/mol. The molecule has 0 saturated heterocycles. The summed E-state index contributed by atoms with van der Waals surface area (Å²) in [7, 11) is 0.